The van der Waals surface area contributed by atoms with Gasteiger partial charge in [0.2, 0.25) is 0 Å². The lowest BCUT2D eigenvalue weighted by atomic mass is 10.0. The number of allylic oxidation sites excluding steroid dienone is 2. The van der Waals surface area contributed by atoms with E-state index in [1.807, 2.05) is 60.7 Å². The molecule has 0 fully saturated rings. The van der Waals surface area contributed by atoms with Gasteiger partial charge in [0.1, 0.15) is 6.10 Å². The first-order valence-corrected chi connectivity index (χ1v) is 7.23. The summed E-state index contributed by atoms with van der Waals surface area (Å²) >= 11 is 0. The summed E-state index contributed by atoms with van der Waals surface area (Å²) in [6.07, 6.45) is 2.67. The normalized spacial score (nSPS) is 19.3. The van der Waals surface area contributed by atoms with Crippen molar-refractivity contribution in [3.05, 3.63) is 89.6 Å². The van der Waals surface area contributed by atoms with Crippen LogP contribution in [0, 0.1) is 0 Å². The van der Waals surface area contributed by atoms with E-state index >= 15 is 0 Å². The van der Waals surface area contributed by atoms with Crippen molar-refractivity contribution in [2.24, 2.45) is 0 Å². The second-order valence-electron chi connectivity index (χ2n) is 5.21. The Kier molecular flexibility index (Phi) is 4.17. The third-order valence-corrected chi connectivity index (χ3v) is 3.61. The fourth-order valence-electron chi connectivity index (χ4n) is 2.54. The predicted molar refractivity (Wildman–Crippen MR) is 87.4 cm³/mol. The summed E-state index contributed by atoms with van der Waals surface area (Å²) in [4.78, 5) is 12.1. The van der Waals surface area contributed by atoms with Crippen LogP contribution in [0.4, 0.5) is 5.69 Å². The molecule has 0 unspecified atom stereocenters. The first-order valence-electron chi connectivity index (χ1n) is 7.23. The monoisotopic (exact) mass is 291 g/mol. The molecule has 0 aliphatic heterocycles. The molecule has 22 heavy (non-hydrogen) atoms. The highest BCUT2D eigenvalue weighted by Gasteiger charge is 2.25. The van der Waals surface area contributed by atoms with Gasteiger partial charge in [-0.1, -0.05) is 48.5 Å². The molecule has 3 heteroatoms. The summed E-state index contributed by atoms with van der Waals surface area (Å²) in [6.45, 7) is 0. The maximum absolute atomic E-state index is 12.1. The number of rotatable bonds is 4. The molecular weight excluding hydrogens is 274 g/mol. The minimum atomic E-state index is -0.845. The van der Waals surface area contributed by atoms with Gasteiger partial charge in [0.25, 0.3) is 0 Å². The van der Waals surface area contributed by atoms with Gasteiger partial charge in [-0.3, -0.25) is 4.79 Å². The SMILES string of the molecule is O=C1C=C[C@@H](O)/C1=C(\Cc1ccccc1)Nc1ccccc1. The fourth-order valence-corrected chi connectivity index (χ4v) is 2.54. The van der Waals surface area contributed by atoms with E-state index in [1.165, 1.54) is 12.2 Å². The van der Waals surface area contributed by atoms with Crippen LogP contribution >= 0.6 is 0 Å². The largest absolute Gasteiger partial charge is 0.384 e. The number of carbonyl (C=O) groups excluding carboxylic acids is 1. The molecule has 2 aromatic carbocycles. The number of hydrogen-bond acceptors (Lipinski definition) is 3. The van der Waals surface area contributed by atoms with Crippen molar-refractivity contribution in [2.45, 2.75) is 12.5 Å². The summed E-state index contributed by atoms with van der Waals surface area (Å²) in [6, 6.07) is 19.6. The summed E-state index contributed by atoms with van der Waals surface area (Å²) in [5.41, 5.74) is 3.14. The zero-order valence-corrected chi connectivity index (χ0v) is 12.1. The van der Waals surface area contributed by atoms with E-state index in [4.69, 9.17) is 0 Å². The van der Waals surface area contributed by atoms with Crippen molar-refractivity contribution >= 4 is 11.5 Å². The van der Waals surface area contributed by atoms with Crippen LogP contribution < -0.4 is 5.32 Å². The smallest absolute Gasteiger partial charge is 0.186 e. The Labute approximate surface area is 129 Å². The number of para-hydroxylation sites is 1. The molecule has 3 nitrogen and oxygen atoms in total. The Morgan fingerprint density at radius 1 is 1.00 bits per heavy atom. The highest BCUT2D eigenvalue weighted by Crippen LogP contribution is 2.23. The number of anilines is 1. The van der Waals surface area contributed by atoms with E-state index < -0.39 is 6.10 Å². The number of aliphatic hydroxyl groups is 1. The predicted octanol–water partition coefficient (Wildman–Crippen LogP) is 3.10. The molecule has 0 aromatic heterocycles. The van der Waals surface area contributed by atoms with E-state index in [0.29, 0.717) is 12.0 Å². The van der Waals surface area contributed by atoms with Gasteiger partial charge in [-0.05, 0) is 29.8 Å². The molecule has 0 saturated carbocycles. The second-order valence-corrected chi connectivity index (χ2v) is 5.21. The fraction of sp³-hybridized carbons (Fsp3) is 0.105. The van der Waals surface area contributed by atoms with Crippen molar-refractivity contribution in [2.75, 3.05) is 5.32 Å². The number of ketones is 1. The Morgan fingerprint density at radius 3 is 2.23 bits per heavy atom. The van der Waals surface area contributed by atoms with Gasteiger partial charge in [-0.2, -0.15) is 0 Å². The average molecular weight is 291 g/mol. The van der Waals surface area contributed by atoms with Gasteiger partial charge in [0, 0.05) is 17.8 Å². The Balaban J connectivity index is 1.96. The molecule has 2 N–H and O–H groups in total. The Morgan fingerprint density at radius 2 is 1.64 bits per heavy atom. The molecular formula is C19H17NO2. The molecule has 0 saturated heterocycles. The second kappa shape index (κ2) is 6.41. The van der Waals surface area contributed by atoms with Gasteiger partial charge >= 0.3 is 0 Å². The zero-order chi connectivity index (χ0) is 15.4. The molecule has 0 amide bonds. The van der Waals surface area contributed by atoms with Crippen LogP contribution in [0.3, 0.4) is 0 Å². The van der Waals surface area contributed by atoms with Crippen molar-refractivity contribution in [3.63, 3.8) is 0 Å². The molecule has 2 aromatic rings. The van der Waals surface area contributed by atoms with Gasteiger partial charge < -0.3 is 10.4 Å². The van der Waals surface area contributed by atoms with Crippen LogP contribution in [0.1, 0.15) is 5.56 Å². The molecule has 0 heterocycles. The molecule has 0 bridgehead atoms. The van der Waals surface area contributed by atoms with Gasteiger partial charge in [0.05, 0.1) is 5.57 Å². The molecule has 3 rings (SSSR count). The lowest BCUT2D eigenvalue weighted by Gasteiger charge is -2.16. The zero-order valence-electron chi connectivity index (χ0n) is 12.1. The summed E-state index contributed by atoms with van der Waals surface area (Å²) < 4.78 is 0. The quantitative estimate of drug-likeness (QED) is 0.851. The standard InChI is InChI=1S/C19H17NO2/c21-17-11-12-18(22)19(17)16(13-14-7-3-1-4-8-14)20-15-9-5-2-6-10-15/h1-12,17,20-21H,13H2/b19-16-/t17-/m1/s1. The molecule has 110 valence electrons. The minimum Gasteiger partial charge on any atom is -0.384 e. The first kappa shape index (κ1) is 14.3. The van der Waals surface area contributed by atoms with Crippen LogP contribution in [-0.2, 0) is 11.2 Å². The lowest BCUT2D eigenvalue weighted by molar-refractivity contribution is -0.111. The van der Waals surface area contributed by atoms with Crippen LogP contribution in [0.5, 0.6) is 0 Å². The third-order valence-electron chi connectivity index (χ3n) is 3.61. The van der Waals surface area contributed by atoms with E-state index in [2.05, 4.69) is 5.32 Å². The van der Waals surface area contributed by atoms with Crippen LogP contribution in [0.15, 0.2) is 84.1 Å². The van der Waals surface area contributed by atoms with Crippen LogP contribution in [0.2, 0.25) is 0 Å². The number of nitrogens with one attached hydrogen (secondary N) is 1. The van der Waals surface area contributed by atoms with E-state index in [-0.39, 0.29) is 5.78 Å². The molecule has 1 aliphatic carbocycles. The minimum absolute atomic E-state index is 0.137. The Hall–Kier alpha value is -2.65. The van der Waals surface area contributed by atoms with Crippen LogP contribution in [-0.4, -0.2) is 17.0 Å². The van der Waals surface area contributed by atoms with Crippen molar-refractivity contribution in [1.82, 2.24) is 0 Å². The topological polar surface area (TPSA) is 49.3 Å². The van der Waals surface area contributed by atoms with E-state index in [9.17, 15) is 9.90 Å². The van der Waals surface area contributed by atoms with Crippen molar-refractivity contribution in [3.8, 4) is 0 Å². The number of benzene rings is 2. The Bertz CT molecular complexity index is 674. The molecule has 1 atom stereocenters. The summed E-state index contributed by atoms with van der Waals surface area (Å²) in [5.74, 6) is -0.137. The van der Waals surface area contributed by atoms with Crippen molar-refractivity contribution in [1.29, 1.82) is 0 Å². The lowest BCUT2D eigenvalue weighted by Crippen LogP contribution is -2.17. The molecule has 0 spiro atoms. The average Bonchev–Trinajstić information content (AvgIpc) is 2.88. The number of aliphatic hydroxyl groups excluding tert-OH is 1. The van der Waals surface area contributed by atoms with Crippen molar-refractivity contribution < 1.29 is 9.90 Å². The summed E-state index contributed by atoms with van der Waals surface area (Å²) in [5, 5.41) is 13.4. The summed E-state index contributed by atoms with van der Waals surface area (Å²) in [7, 11) is 0. The maximum atomic E-state index is 12.1. The van der Waals surface area contributed by atoms with E-state index in [1.54, 1.807) is 0 Å². The van der Waals surface area contributed by atoms with Crippen LogP contribution in [0.25, 0.3) is 0 Å². The molecule has 0 radical (unpaired) electrons. The molecule has 1 aliphatic rings. The highest BCUT2D eigenvalue weighted by molar-refractivity contribution is 6.08. The van der Waals surface area contributed by atoms with Gasteiger partial charge in [-0.15, -0.1) is 0 Å². The van der Waals surface area contributed by atoms with Gasteiger partial charge in [-0.25, -0.2) is 0 Å². The number of carbonyl (C=O) groups is 1. The maximum Gasteiger partial charge on any atom is 0.186 e. The number of hydrogen-bond donors (Lipinski definition) is 2. The van der Waals surface area contributed by atoms with Gasteiger partial charge in [0.15, 0.2) is 5.78 Å². The van der Waals surface area contributed by atoms with E-state index in [0.717, 1.165) is 16.9 Å². The third kappa shape index (κ3) is 3.15. The first-order chi connectivity index (χ1) is 10.7. The highest BCUT2D eigenvalue weighted by atomic mass is 16.3.